The van der Waals surface area contributed by atoms with Crippen LogP contribution in [0, 0.1) is 5.92 Å². The molecule has 1 aromatic rings. The Labute approximate surface area is 149 Å². The molecule has 1 unspecified atom stereocenters. The average molecular weight is 348 g/mol. The molecule has 24 heavy (non-hydrogen) atoms. The van der Waals surface area contributed by atoms with E-state index in [-0.39, 0.29) is 0 Å². The van der Waals surface area contributed by atoms with Crippen molar-refractivity contribution in [2.24, 2.45) is 16.6 Å². The van der Waals surface area contributed by atoms with E-state index >= 15 is 0 Å². The highest BCUT2D eigenvalue weighted by atomic mass is 32.2. The molecule has 0 aromatic carbocycles. The lowest BCUT2D eigenvalue weighted by molar-refractivity contribution is 0.270. The van der Waals surface area contributed by atoms with E-state index < -0.39 is 0 Å². The van der Waals surface area contributed by atoms with Crippen LogP contribution >= 0.6 is 11.8 Å². The van der Waals surface area contributed by atoms with Crippen molar-refractivity contribution in [1.82, 2.24) is 14.9 Å². The van der Waals surface area contributed by atoms with Crippen LogP contribution < -0.4 is 5.73 Å². The summed E-state index contributed by atoms with van der Waals surface area (Å²) in [4.78, 5) is 15.8. The Bertz CT molecular complexity index is 539. The monoisotopic (exact) mass is 347 g/mol. The number of hydrogen-bond donors (Lipinski definition) is 1. The molecule has 0 spiro atoms. The number of aliphatic imine (C=N–C) groups is 1. The summed E-state index contributed by atoms with van der Waals surface area (Å²) < 4.78 is 0. The predicted octanol–water partition coefficient (Wildman–Crippen LogP) is 3.10. The second-order valence-corrected chi connectivity index (χ2v) is 8.35. The highest BCUT2D eigenvalue weighted by Crippen LogP contribution is 2.32. The minimum atomic E-state index is 0.691. The Kier molecular flexibility index (Phi) is 6.35. The molecule has 1 atom stereocenters. The highest BCUT2D eigenvalue weighted by molar-refractivity contribution is 7.99. The van der Waals surface area contributed by atoms with Crippen molar-refractivity contribution in [3.05, 3.63) is 18.0 Å². The number of piperidine rings is 1. The van der Waals surface area contributed by atoms with E-state index in [9.17, 15) is 0 Å². The number of likely N-dealkylation sites (tertiary alicyclic amines) is 1. The fourth-order valence-electron chi connectivity index (χ4n) is 3.49. The van der Waals surface area contributed by atoms with Gasteiger partial charge in [0.15, 0.2) is 11.1 Å². The van der Waals surface area contributed by atoms with Crippen molar-refractivity contribution in [1.29, 1.82) is 0 Å². The SMILES string of the molecule is CC1CCCN(C(N)=NCCc2cnc(SC3CCCC3)nc2)C1. The van der Waals surface area contributed by atoms with Crippen LogP contribution in [0.1, 0.15) is 51.0 Å². The quantitative estimate of drug-likeness (QED) is 0.503. The normalized spacial score (nSPS) is 23.0. The molecule has 2 fully saturated rings. The molecule has 5 nitrogen and oxygen atoms in total. The Morgan fingerprint density at radius 1 is 1.25 bits per heavy atom. The van der Waals surface area contributed by atoms with Gasteiger partial charge in [-0.25, -0.2) is 9.97 Å². The second-order valence-electron chi connectivity index (χ2n) is 7.08. The molecule has 1 aliphatic heterocycles. The molecular weight excluding hydrogens is 318 g/mol. The van der Waals surface area contributed by atoms with Crippen molar-refractivity contribution < 1.29 is 0 Å². The molecule has 0 bridgehead atoms. The zero-order valence-electron chi connectivity index (χ0n) is 14.7. The van der Waals surface area contributed by atoms with Gasteiger partial charge in [0.2, 0.25) is 0 Å². The minimum absolute atomic E-state index is 0.691. The Balaban J connectivity index is 1.44. The Morgan fingerprint density at radius 2 is 2.00 bits per heavy atom. The maximum Gasteiger partial charge on any atom is 0.191 e. The van der Waals surface area contributed by atoms with Crippen LogP contribution in [0.25, 0.3) is 0 Å². The summed E-state index contributed by atoms with van der Waals surface area (Å²) in [5.41, 5.74) is 7.27. The van der Waals surface area contributed by atoms with E-state index in [0.29, 0.717) is 23.7 Å². The van der Waals surface area contributed by atoms with Gasteiger partial charge in [0.1, 0.15) is 0 Å². The smallest absolute Gasteiger partial charge is 0.191 e. The first-order chi connectivity index (χ1) is 11.7. The van der Waals surface area contributed by atoms with Crippen LogP contribution in [-0.4, -0.2) is 45.7 Å². The van der Waals surface area contributed by atoms with Gasteiger partial charge in [-0.05, 0) is 43.6 Å². The lowest BCUT2D eigenvalue weighted by atomic mass is 10.0. The Morgan fingerprint density at radius 3 is 2.71 bits per heavy atom. The van der Waals surface area contributed by atoms with Gasteiger partial charge >= 0.3 is 0 Å². The van der Waals surface area contributed by atoms with Crippen LogP contribution in [0.4, 0.5) is 0 Å². The molecule has 2 heterocycles. The maximum atomic E-state index is 6.13. The zero-order valence-corrected chi connectivity index (χ0v) is 15.5. The molecule has 6 heteroatoms. The third kappa shape index (κ3) is 5.10. The van der Waals surface area contributed by atoms with Gasteiger partial charge in [0, 0.05) is 37.3 Å². The third-order valence-corrected chi connectivity index (χ3v) is 6.14. The van der Waals surface area contributed by atoms with Crippen molar-refractivity contribution in [3.8, 4) is 0 Å². The van der Waals surface area contributed by atoms with Crippen molar-refractivity contribution >= 4 is 17.7 Å². The second kappa shape index (κ2) is 8.70. The van der Waals surface area contributed by atoms with Gasteiger partial charge in [-0.15, -0.1) is 0 Å². The molecule has 3 rings (SSSR count). The first-order valence-electron chi connectivity index (χ1n) is 9.23. The Hall–Kier alpha value is -1.30. The van der Waals surface area contributed by atoms with Crippen LogP contribution in [-0.2, 0) is 6.42 Å². The number of guanidine groups is 1. The summed E-state index contributed by atoms with van der Waals surface area (Å²) in [6.07, 6.45) is 12.6. The molecule has 1 aromatic heterocycles. The van der Waals surface area contributed by atoms with Gasteiger partial charge in [-0.1, -0.05) is 31.5 Å². The van der Waals surface area contributed by atoms with Crippen LogP contribution in [0.3, 0.4) is 0 Å². The van der Waals surface area contributed by atoms with Gasteiger partial charge in [0.25, 0.3) is 0 Å². The fraction of sp³-hybridized carbons (Fsp3) is 0.722. The van der Waals surface area contributed by atoms with Gasteiger partial charge in [-0.3, -0.25) is 4.99 Å². The number of nitrogens with zero attached hydrogens (tertiary/aromatic N) is 4. The lowest BCUT2D eigenvalue weighted by Gasteiger charge is -2.31. The summed E-state index contributed by atoms with van der Waals surface area (Å²) in [5.74, 6) is 1.40. The summed E-state index contributed by atoms with van der Waals surface area (Å²) >= 11 is 1.83. The van der Waals surface area contributed by atoms with E-state index in [4.69, 9.17) is 5.73 Å². The van der Waals surface area contributed by atoms with E-state index in [2.05, 4.69) is 26.8 Å². The van der Waals surface area contributed by atoms with Crippen LogP contribution in [0.5, 0.6) is 0 Å². The molecular formula is C18H29N5S. The topological polar surface area (TPSA) is 67.4 Å². The molecule has 1 aliphatic carbocycles. The summed E-state index contributed by atoms with van der Waals surface area (Å²) in [7, 11) is 0. The van der Waals surface area contributed by atoms with Gasteiger partial charge in [0.05, 0.1) is 0 Å². The van der Waals surface area contributed by atoms with E-state index in [0.717, 1.165) is 30.2 Å². The highest BCUT2D eigenvalue weighted by Gasteiger charge is 2.18. The predicted molar refractivity (Wildman–Crippen MR) is 100 cm³/mol. The van der Waals surface area contributed by atoms with E-state index in [1.165, 1.54) is 38.5 Å². The molecule has 0 radical (unpaired) electrons. The number of rotatable bonds is 5. The zero-order chi connectivity index (χ0) is 16.8. The number of thioether (sulfide) groups is 1. The average Bonchev–Trinajstić information content (AvgIpc) is 3.09. The summed E-state index contributed by atoms with van der Waals surface area (Å²) in [6.45, 7) is 5.05. The lowest BCUT2D eigenvalue weighted by Crippen LogP contribution is -2.43. The van der Waals surface area contributed by atoms with E-state index in [1.807, 2.05) is 24.2 Å². The van der Waals surface area contributed by atoms with Gasteiger partial charge in [-0.2, -0.15) is 0 Å². The number of hydrogen-bond acceptors (Lipinski definition) is 4. The van der Waals surface area contributed by atoms with Gasteiger partial charge < -0.3 is 10.6 Å². The summed E-state index contributed by atoms with van der Waals surface area (Å²) in [6, 6.07) is 0. The first kappa shape index (κ1) is 17.5. The summed E-state index contributed by atoms with van der Waals surface area (Å²) in [5, 5.41) is 1.63. The maximum absolute atomic E-state index is 6.13. The number of aromatic nitrogens is 2. The van der Waals surface area contributed by atoms with Crippen LogP contribution in [0.2, 0.25) is 0 Å². The molecule has 2 aliphatic rings. The number of nitrogens with two attached hydrogens (primary N) is 1. The van der Waals surface area contributed by atoms with Crippen molar-refractivity contribution in [3.63, 3.8) is 0 Å². The van der Waals surface area contributed by atoms with Crippen LogP contribution in [0.15, 0.2) is 22.5 Å². The minimum Gasteiger partial charge on any atom is -0.370 e. The standard InChI is InChI=1S/C18H29N5S/c1-14-5-4-10-23(13-14)17(19)20-9-8-15-11-21-18(22-12-15)24-16-6-2-3-7-16/h11-12,14,16H,2-10,13H2,1H3,(H2,19,20). The van der Waals surface area contributed by atoms with Crippen molar-refractivity contribution in [2.45, 2.75) is 62.3 Å². The molecule has 132 valence electrons. The van der Waals surface area contributed by atoms with Crippen molar-refractivity contribution in [2.75, 3.05) is 19.6 Å². The molecule has 1 saturated heterocycles. The molecule has 0 amide bonds. The third-order valence-electron chi connectivity index (χ3n) is 4.91. The fourth-order valence-corrected chi connectivity index (χ4v) is 4.58. The first-order valence-corrected chi connectivity index (χ1v) is 10.1. The van der Waals surface area contributed by atoms with E-state index in [1.54, 1.807) is 0 Å². The molecule has 1 saturated carbocycles. The molecule has 2 N–H and O–H groups in total. The largest absolute Gasteiger partial charge is 0.370 e.